The minimum absolute atomic E-state index is 0.270. The van der Waals surface area contributed by atoms with Crippen LogP contribution in [0.25, 0.3) is 0 Å². The summed E-state index contributed by atoms with van der Waals surface area (Å²) in [7, 11) is 2.03. The number of hydrogen-bond acceptors (Lipinski definition) is 4. The molecule has 0 aromatic carbocycles. The fraction of sp³-hybridized carbons (Fsp3) is 0.833. The zero-order valence-electron chi connectivity index (χ0n) is 10.3. The summed E-state index contributed by atoms with van der Waals surface area (Å²) in [5.74, 6) is 0. The lowest BCUT2D eigenvalue weighted by molar-refractivity contribution is 0.00882. The first-order valence-corrected chi connectivity index (χ1v) is 6.00. The Bertz CT molecular complexity index is 193. The number of nitrogens with zero attached hydrogens (tertiary/aromatic N) is 2. The monoisotopic (exact) mass is 228 g/mol. The summed E-state index contributed by atoms with van der Waals surface area (Å²) in [6, 6.07) is 0. The van der Waals surface area contributed by atoms with Crippen LogP contribution in [0.1, 0.15) is 6.42 Å². The van der Waals surface area contributed by atoms with Crippen LogP contribution in [0.3, 0.4) is 0 Å². The van der Waals surface area contributed by atoms with Gasteiger partial charge in [0, 0.05) is 32.7 Å². The highest BCUT2D eigenvalue weighted by Gasteiger charge is 2.15. The first-order valence-electron chi connectivity index (χ1n) is 6.00. The van der Waals surface area contributed by atoms with Crippen molar-refractivity contribution in [3.8, 4) is 0 Å². The van der Waals surface area contributed by atoms with E-state index in [2.05, 4.69) is 16.4 Å². The highest BCUT2D eigenvalue weighted by atomic mass is 16.5. The van der Waals surface area contributed by atoms with E-state index in [0.29, 0.717) is 0 Å². The second kappa shape index (κ2) is 7.79. The summed E-state index contributed by atoms with van der Waals surface area (Å²) in [5.41, 5.74) is 0. The average Bonchev–Trinajstić information content (AvgIpc) is 2.27. The molecule has 1 N–H and O–H groups in total. The molecule has 4 heteroatoms. The summed E-state index contributed by atoms with van der Waals surface area (Å²) in [5, 5.41) is 9.92. The summed E-state index contributed by atoms with van der Waals surface area (Å²) >= 11 is 0. The van der Waals surface area contributed by atoms with Gasteiger partial charge in [0.15, 0.2) is 0 Å². The highest BCUT2D eigenvalue weighted by Crippen LogP contribution is 2.00. The summed E-state index contributed by atoms with van der Waals surface area (Å²) in [4.78, 5) is 4.41. The molecule has 0 bridgehead atoms. The van der Waals surface area contributed by atoms with Crippen LogP contribution in [-0.4, -0.2) is 74.0 Å². The maximum absolute atomic E-state index is 9.92. The fourth-order valence-corrected chi connectivity index (χ4v) is 1.90. The van der Waals surface area contributed by atoms with Crippen molar-refractivity contribution >= 4 is 0 Å². The molecule has 1 rings (SSSR count). The topological polar surface area (TPSA) is 35.9 Å². The number of β-amino-alcohol motifs (C(OH)–C–C–N with tert-alkyl or cyclic N) is 1. The zero-order valence-corrected chi connectivity index (χ0v) is 10.3. The maximum atomic E-state index is 9.92. The Morgan fingerprint density at radius 3 is 2.81 bits per heavy atom. The van der Waals surface area contributed by atoms with Crippen LogP contribution < -0.4 is 0 Å². The van der Waals surface area contributed by atoms with Gasteiger partial charge < -0.3 is 14.7 Å². The molecule has 4 nitrogen and oxygen atoms in total. The Kier molecular flexibility index (Phi) is 6.64. The maximum Gasteiger partial charge on any atom is 0.0793 e. The predicted molar refractivity (Wildman–Crippen MR) is 65.6 cm³/mol. The van der Waals surface area contributed by atoms with E-state index in [4.69, 9.17) is 4.74 Å². The molecule has 1 unspecified atom stereocenters. The number of aliphatic hydroxyl groups is 1. The molecule has 0 amide bonds. The van der Waals surface area contributed by atoms with Crippen molar-refractivity contribution in [1.29, 1.82) is 0 Å². The van der Waals surface area contributed by atoms with E-state index in [1.807, 2.05) is 13.1 Å². The number of hydrogen-bond donors (Lipinski definition) is 1. The van der Waals surface area contributed by atoms with Crippen molar-refractivity contribution in [1.82, 2.24) is 9.80 Å². The number of ether oxygens (including phenoxy) is 1. The quantitative estimate of drug-likeness (QED) is 0.631. The SMILES string of the molecule is C=CCCN(C)CC(O)CN1CCOCC1. The van der Waals surface area contributed by atoms with Crippen molar-refractivity contribution in [2.45, 2.75) is 12.5 Å². The lowest BCUT2D eigenvalue weighted by Gasteiger charge is -2.30. The van der Waals surface area contributed by atoms with E-state index < -0.39 is 0 Å². The van der Waals surface area contributed by atoms with Gasteiger partial charge in [-0.2, -0.15) is 0 Å². The molecule has 1 saturated heterocycles. The van der Waals surface area contributed by atoms with E-state index >= 15 is 0 Å². The summed E-state index contributed by atoms with van der Waals surface area (Å²) in [6.07, 6.45) is 2.61. The van der Waals surface area contributed by atoms with E-state index in [1.54, 1.807) is 0 Å². The molecule has 1 atom stereocenters. The Labute approximate surface area is 98.5 Å². The molecule has 1 aliphatic rings. The minimum Gasteiger partial charge on any atom is -0.390 e. The number of likely N-dealkylation sites (N-methyl/N-ethyl adjacent to an activating group) is 1. The van der Waals surface area contributed by atoms with Crippen LogP contribution >= 0.6 is 0 Å². The van der Waals surface area contributed by atoms with Crippen molar-refractivity contribution in [2.24, 2.45) is 0 Å². The Morgan fingerprint density at radius 2 is 2.19 bits per heavy atom. The third kappa shape index (κ3) is 5.61. The van der Waals surface area contributed by atoms with Gasteiger partial charge in [-0.15, -0.1) is 6.58 Å². The van der Waals surface area contributed by atoms with Crippen molar-refractivity contribution in [3.63, 3.8) is 0 Å². The van der Waals surface area contributed by atoms with Crippen LogP contribution in [0.15, 0.2) is 12.7 Å². The van der Waals surface area contributed by atoms with E-state index in [-0.39, 0.29) is 6.10 Å². The summed E-state index contributed by atoms with van der Waals surface area (Å²) in [6.45, 7) is 9.59. The molecule has 0 saturated carbocycles. The van der Waals surface area contributed by atoms with Gasteiger partial charge >= 0.3 is 0 Å². The van der Waals surface area contributed by atoms with Crippen LogP contribution in [-0.2, 0) is 4.74 Å². The van der Waals surface area contributed by atoms with Crippen LogP contribution in [0.4, 0.5) is 0 Å². The Hall–Kier alpha value is -0.420. The molecule has 0 aromatic rings. The molecule has 0 aliphatic carbocycles. The minimum atomic E-state index is -0.270. The molecule has 1 aliphatic heterocycles. The molecule has 16 heavy (non-hydrogen) atoms. The predicted octanol–water partition coefficient (Wildman–Crippen LogP) is 0.187. The van der Waals surface area contributed by atoms with E-state index in [9.17, 15) is 5.11 Å². The Morgan fingerprint density at radius 1 is 1.50 bits per heavy atom. The van der Waals surface area contributed by atoms with Gasteiger partial charge in [-0.3, -0.25) is 4.90 Å². The van der Waals surface area contributed by atoms with Crippen LogP contribution in [0, 0.1) is 0 Å². The highest BCUT2D eigenvalue weighted by molar-refractivity contribution is 4.72. The lowest BCUT2D eigenvalue weighted by Crippen LogP contribution is -2.44. The zero-order chi connectivity index (χ0) is 11.8. The normalized spacial score (nSPS) is 19.9. The van der Waals surface area contributed by atoms with E-state index in [1.165, 1.54) is 0 Å². The molecule has 0 radical (unpaired) electrons. The third-order valence-electron chi connectivity index (χ3n) is 2.81. The molecule has 0 spiro atoms. The second-order valence-corrected chi connectivity index (χ2v) is 4.41. The molecular formula is C12H24N2O2. The van der Waals surface area contributed by atoms with Crippen molar-refractivity contribution in [3.05, 3.63) is 12.7 Å². The largest absolute Gasteiger partial charge is 0.390 e. The van der Waals surface area contributed by atoms with Gasteiger partial charge in [-0.1, -0.05) is 6.08 Å². The van der Waals surface area contributed by atoms with Gasteiger partial charge in [0.05, 0.1) is 19.3 Å². The fourth-order valence-electron chi connectivity index (χ4n) is 1.90. The smallest absolute Gasteiger partial charge is 0.0793 e. The van der Waals surface area contributed by atoms with Crippen LogP contribution in [0.5, 0.6) is 0 Å². The van der Waals surface area contributed by atoms with Crippen molar-refractivity contribution < 1.29 is 9.84 Å². The average molecular weight is 228 g/mol. The van der Waals surface area contributed by atoms with E-state index in [0.717, 1.165) is 52.4 Å². The standard InChI is InChI=1S/C12H24N2O2/c1-3-4-5-13(2)10-12(15)11-14-6-8-16-9-7-14/h3,12,15H,1,4-11H2,2H3. The number of morpholine rings is 1. The first-order chi connectivity index (χ1) is 7.72. The molecule has 1 heterocycles. The Balaban J connectivity index is 2.13. The molecular weight excluding hydrogens is 204 g/mol. The van der Waals surface area contributed by atoms with Gasteiger partial charge in [0.25, 0.3) is 0 Å². The van der Waals surface area contributed by atoms with Gasteiger partial charge in [-0.05, 0) is 13.5 Å². The van der Waals surface area contributed by atoms with Crippen molar-refractivity contribution in [2.75, 3.05) is 53.0 Å². The molecule has 94 valence electrons. The van der Waals surface area contributed by atoms with Crippen LogP contribution in [0.2, 0.25) is 0 Å². The third-order valence-corrected chi connectivity index (χ3v) is 2.81. The molecule has 1 fully saturated rings. The summed E-state index contributed by atoms with van der Waals surface area (Å²) < 4.78 is 5.27. The van der Waals surface area contributed by atoms with Gasteiger partial charge in [0.2, 0.25) is 0 Å². The first kappa shape index (κ1) is 13.6. The lowest BCUT2D eigenvalue weighted by atomic mass is 10.2. The number of aliphatic hydroxyl groups excluding tert-OH is 1. The van der Waals surface area contributed by atoms with Gasteiger partial charge in [-0.25, -0.2) is 0 Å². The molecule has 0 aromatic heterocycles. The number of rotatable bonds is 7. The second-order valence-electron chi connectivity index (χ2n) is 4.41. The van der Waals surface area contributed by atoms with Gasteiger partial charge in [0.1, 0.15) is 0 Å².